The molecule has 314 valence electrons. The summed E-state index contributed by atoms with van der Waals surface area (Å²) in [5, 5.41) is 9.28. The zero-order valence-corrected chi connectivity index (χ0v) is 39.1. The topological polar surface area (TPSA) is 20.2 Å². The number of fused-ring (bicyclic) bond motifs is 10. The minimum Gasteiger partial charge on any atom is -0.355 e. The van der Waals surface area contributed by atoms with Crippen LogP contribution in [0.3, 0.4) is 0 Å². The molecule has 0 amide bonds. The first-order chi connectivity index (χ1) is 30.6. The van der Waals surface area contributed by atoms with E-state index >= 15 is 0 Å². The molecule has 0 radical (unpaired) electrons. The highest BCUT2D eigenvalue weighted by Gasteiger charge is 2.39. The molecule has 0 saturated carbocycles. The number of nitrogens with zero attached hydrogens (tertiary/aromatic N) is 2. The Morgan fingerprint density at radius 1 is 0.656 bits per heavy atom. The molecule has 0 bridgehead atoms. The van der Waals surface area contributed by atoms with Crippen LogP contribution < -0.4 is 21.1 Å². The van der Waals surface area contributed by atoms with Crippen molar-refractivity contribution in [1.82, 2.24) is 4.57 Å². The van der Waals surface area contributed by atoms with Crippen LogP contribution in [0.25, 0.3) is 70.1 Å². The second-order valence-electron chi connectivity index (χ2n) is 21.1. The predicted molar refractivity (Wildman–Crippen MR) is 281 cm³/mol. The molecular weight excluding hydrogens is 794 g/mol. The van der Waals surface area contributed by atoms with Crippen LogP contribution in [0.1, 0.15) is 89.1 Å². The normalized spacial score (nSPS) is 16.2. The summed E-state index contributed by atoms with van der Waals surface area (Å²) in [6.45, 7) is 21.3. The van der Waals surface area contributed by atoms with E-state index in [0.29, 0.717) is 0 Å². The summed E-state index contributed by atoms with van der Waals surface area (Å²) in [6.07, 6.45) is 4.59. The van der Waals surface area contributed by atoms with Crippen LogP contribution in [-0.2, 0) is 16.2 Å². The average molecular weight is 848 g/mol. The highest BCUT2D eigenvalue weighted by Crippen LogP contribution is 2.50. The monoisotopic (exact) mass is 847 g/mol. The summed E-state index contributed by atoms with van der Waals surface area (Å²) in [4.78, 5) is 2.36. The zero-order chi connectivity index (χ0) is 44.0. The summed E-state index contributed by atoms with van der Waals surface area (Å²) < 4.78 is 5.29. The van der Waals surface area contributed by atoms with Gasteiger partial charge in [0.15, 0.2) is 7.28 Å². The van der Waals surface area contributed by atoms with Gasteiger partial charge in [-0.05, 0) is 123 Å². The van der Waals surface area contributed by atoms with Crippen LogP contribution >= 0.6 is 11.3 Å². The molecule has 0 fully saturated rings. The molecule has 5 heteroatoms. The van der Waals surface area contributed by atoms with Crippen LogP contribution in [-0.4, -0.2) is 18.9 Å². The Hall–Kier alpha value is -6.30. The lowest BCUT2D eigenvalue weighted by Crippen LogP contribution is -2.38. The second-order valence-corrected chi connectivity index (χ2v) is 22.2. The van der Waals surface area contributed by atoms with Gasteiger partial charge in [0.05, 0.1) is 11.2 Å². The number of rotatable bonds is 4. The van der Waals surface area contributed by atoms with Crippen LogP contribution in [0.2, 0.25) is 0 Å². The Kier molecular flexibility index (Phi) is 8.36. The number of allylic oxidation sites excluding steroid dienone is 2. The molecule has 4 heterocycles. The quantitative estimate of drug-likeness (QED) is 0.178. The largest absolute Gasteiger partial charge is 0.355 e. The van der Waals surface area contributed by atoms with Crippen LogP contribution in [0.4, 0.5) is 17.1 Å². The first-order valence-electron chi connectivity index (χ1n) is 23.0. The molecule has 9 aromatic rings. The van der Waals surface area contributed by atoms with Gasteiger partial charge in [0.1, 0.15) is 0 Å². The van der Waals surface area contributed by atoms with E-state index in [2.05, 4.69) is 210 Å². The molecule has 0 spiro atoms. The van der Waals surface area contributed by atoms with E-state index in [9.17, 15) is 0 Å². The molecule has 3 nitrogen and oxygen atoms in total. The van der Waals surface area contributed by atoms with Gasteiger partial charge in [-0.25, -0.2) is 0 Å². The van der Waals surface area contributed by atoms with Crippen LogP contribution in [0.5, 0.6) is 0 Å². The first-order valence-corrected chi connectivity index (χ1v) is 23.8. The van der Waals surface area contributed by atoms with Crippen molar-refractivity contribution >= 4 is 99.9 Å². The maximum Gasteiger partial charge on any atom is 0.198 e. The fourth-order valence-electron chi connectivity index (χ4n) is 11.3. The molecule has 3 aliphatic rings. The van der Waals surface area contributed by atoms with Crippen LogP contribution in [0.15, 0.2) is 140 Å². The van der Waals surface area contributed by atoms with Gasteiger partial charge in [0.25, 0.3) is 0 Å². The van der Waals surface area contributed by atoms with Crippen molar-refractivity contribution < 1.29 is 0 Å². The third-order valence-corrected chi connectivity index (χ3v) is 16.2. The Labute approximate surface area is 382 Å². The maximum absolute atomic E-state index is 4.68. The van der Waals surface area contributed by atoms with Crippen molar-refractivity contribution in [1.29, 1.82) is 0 Å². The van der Waals surface area contributed by atoms with Crippen molar-refractivity contribution in [2.75, 3.05) is 17.3 Å². The van der Waals surface area contributed by atoms with E-state index in [1.165, 1.54) is 115 Å². The lowest BCUT2D eigenvalue weighted by atomic mass is 9.58. The first kappa shape index (κ1) is 39.3. The number of hydrogen-bond acceptors (Lipinski definition) is 3. The molecule has 12 rings (SSSR count). The SMILES string of the molecule is C=C1C=C(c2ccccc2)N(C)c2cc3c(cc21)Bc1c(-c2cc4c(cc2Nc2ccc(C(C)(C)C)cc2)C(C)(C)CCC4(C)C)ccc2c4cc5sc6ccccc6c5cc4n-3c12. The number of aromatic nitrogens is 1. The number of nitrogens with one attached hydrogen (secondary N) is 1. The molecule has 0 unspecified atom stereocenters. The van der Waals surface area contributed by atoms with Gasteiger partial charge in [-0.1, -0.05) is 139 Å². The molecule has 1 aliphatic carbocycles. The van der Waals surface area contributed by atoms with E-state index < -0.39 is 0 Å². The average Bonchev–Trinajstić information content (AvgIpc) is 3.81. The molecule has 0 saturated heterocycles. The third-order valence-electron chi connectivity index (χ3n) is 15.1. The highest BCUT2D eigenvalue weighted by atomic mass is 32.1. The predicted octanol–water partition coefficient (Wildman–Crippen LogP) is 14.4. The Bertz CT molecular complexity index is 3500. The number of anilines is 3. The summed E-state index contributed by atoms with van der Waals surface area (Å²) >= 11 is 1.90. The number of benzene rings is 7. The number of thiophene rings is 1. The van der Waals surface area contributed by atoms with Crippen molar-refractivity contribution in [3.63, 3.8) is 0 Å². The van der Waals surface area contributed by atoms with E-state index in [4.69, 9.17) is 0 Å². The summed E-state index contributed by atoms with van der Waals surface area (Å²) in [6, 6.07) is 48.5. The molecular formula is C59H54BN3S. The Morgan fingerprint density at radius 2 is 1.38 bits per heavy atom. The molecule has 2 aliphatic heterocycles. The van der Waals surface area contributed by atoms with Gasteiger partial charge in [0, 0.05) is 77.4 Å². The Morgan fingerprint density at radius 3 is 2.12 bits per heavy atom. The maximum atomic E-state index is 4.68. The van der Waals surface area contributed by atoms with Gasteiger partial charge < -0.3 is 14.8 Å². The third kappa shape index (κ3) is 5.86. The highest BCUT2D eigenvalue weighted by molar-refractivity contribution is 7.25. The van der Waals surface area contributed by atoms with Crippen molar-refractivity contribution in [2.24, 2.45) is 0 Å². The fraction of sp³-hybridized carbons (Fsp3) is 0.220. The molecule has 0 atom stereocenters. The van der Waals surface area contributed by atoms with Crippen molar-refractivity contribution in [3.8, 4) is 16.8 Å². The summed E-state index contributed by atoms with van der Waals surface area (Å²) in [5.41, 5.74) is 21.6. The minimum atomic E-state index is 0.0570. The Balaban J connectivity index is 1.13. The van der Waals surface area contributed by atoms with Gasteiger partial charge in [-0.15, -0.1) is 11.3 Å². The molecule has 1 N–H and O–H groups in total. The lowest BCUT2D eigenvalue weighted by molar-refractivity contribution is 0.332. The summed E-state index contributed by atoms with van der Waals surface area (Å²) in [7, 11) is 3.03. The van der Waals surface area contributed by atoms with Gasteiger partial charge in [-0.2, -0.15) is 0 Å². The van der Waals surface area contributed by atoms with Crippen molar-refractivity contribution in [3.05, 3.63) is 168 Å². The molecule has 7 aromatic carbocycles. The smallest absolute Gasteiger partial charge is 0.198 e. The van der Waals surface area contributed by atoms with Crippen LogP contribution in [0, 0.1) is 0 Å². The minimum absolute atomic E-state index is 0.0570. The lowest BCUT2D eigenvalue weighted by Gasteiger charge is -2.42. The summed E-state index contributed by atoms with van der Waals surface area (Å²) in [5.74, 6) is 0. The number of hydrogen-bond donors (Lipinski definition) is 1. The standard InChI is InChI=1S/C59H54BN3S/c1-34-27-49(35-15-11-10-12-16-35)62(9)50-33-52-47(29-41(34)50)60-55-39(23-24-40-43-31-54-44(30-51(43)63(52)56(40)55)38-17-13-14-18-53(38)64-54)42-28-45-46(59(7,8)26-25-58(45,5)6)32-48(42)61-37-21-19-36(20-22-37)57(2,3)4/h10-24,27-33,60-61H,1,25-26H2,2-9H3. The van der Waals surface area contributed by atoms with Gasteiger partial charge >= 0.3 is 0 Å². The second kappa shape index (κ2) is 13.6. The van der Waals surface area contributed by atoms with Gasteiger partial charge in [0.2, 0.25) is 0 Å². The zero-order valence-electron chi connectivity index (χ0n) is 38.3. The van der Waals surface area contributed by atoms with Crippen molar-refractivity contribution in [2.45, 2.75) is 77.6 Å². The molecule has 64 heavy (non-hydrogen) atoms. The van der Waals surface area contributed by atoms with E-state index in [1.54, 1.807) is 0 Å². The van der Waals surface area contributed by atoms with Gasteiger partial charge in [-0.3, -0.25) is 0 Å². The van der Waals surface area contributed by atoms with E-state index in [1.807, 2.05) is 11.3 Å². The fourth-order valence-corrected chi connectivity index (χ4v) is 12.4. The van der Waals surface area contributed by atoms with E-state index in [0.717, 1.165) is 30.7 Å². The molecule has 2 aromatic heterocycles. The van der Waals surface area contributed by atoms with E-state index in [-0.39, 0.29) is 16.2 Å².